The second kappa shape index (κ2) is 9.12. The third-order valence-electron chi connectivity index (χ3n) is 5.32. The smallest absolute Gasteiger partial charge is 0.231 e. The normalized spacial score (nSPS) is 18.7. The molecule has 0 bridgehead atoms. The number of nitrogens with one attached hydrogen (secondary N) is 1. The molecule has 1 saturated heterocycles. The monoisotopic (exact) mass is 361 g/mol. The Morgan fingerprint density at radius 2 is 1.96 bits per heavy atom. The zero-order chi connectivity index (χ0) is 18.2. The first-order valence-electron chi connectivity index (χ1n) is 9.75. The number of aliphatic imine (C=N–C) groups is 1. The zero-order valence-electron chi connectivity index (χ0n) is 15.8. The third-order valence-corrected chi connectivity index (χ3v) is 5.32. The van der Waals surface area contributed by atoms with Gasteiger partial charge in [-0.2, -0.15) is 0 Å². The topological polar surface area (TPSA) is 78.1 Å². The van der Waals surface area contributed by atoms with E-state index in [1.807, 2.05) is 6.07 Å². The lowest BCUT2D eigenvalue weighted by molar-refractivity contribution is 0.0530. The van der Waals surface area contributed by atoms with Gasteiger partial charge < -0.3 is 25.3 Å². The predicted molar refractivity (Wildman–Crippen MR) is 103 cm³/mol. The SMILES string of the molecule is CCCCCCNC(N)=NCC1(c2ccc3c(c2)OCO3)CCOCC1. The molecule has 3 rings (SSSR count). The van der Waals surface area contributed by atoms with Crippen LogP contribution in [0.5, 0.6) is 11.5 Å². The summed E-state index contributed by atoms with van der Waals surface area (Å²) >= 11 is 0. The Bertz CT molecular complexity index is 612. The van der Waals surface area contributed by atoms with Crippen molar-refractivity contribution in [3.05, 3.63) is 23.8 Å². The van der Waals surface area contributed by atoms with Gasteiger partial charge in [0.15, 0.2) is 17.5 Å². The van der Waals surface area contributed by atoms with E-state index in [1.165, 1.54) is 24.8 Å². The predicted octanol–water partition coefficient (Wildman–Crippen LogP) is 2.95. The first-order valence-corrected chi connectivity index (χ1v) is 9.75. The van der Waals surface area contributed by atoms with Gasteiger partial charge in [0, 0.05) is 25.2 Å². The first-order chi connectivity index (χ1) is 12.7. The number of rotatable bonds is 8. The van der Waals surface area contributed by atoms with E-state index in [9.17, 15) is 0 Å². The molecule has 2 heterocycles. The van der Waals surface area contributed by atoms with E-state index in [-0.39, 0.29) is 5.41 Å². The minimum atomic E-state index is -0.0618. The van der Waals surface area contributed by atoms with Gasteiger partial charge in [-0.15, -0.1) is 0 Å². The number of benzene rings is 1. The van der Waals surface area contributed by atoms with Gasteiger partial charge in [0.1, 0.15) is 0 Å². The van der Waals surface area contributed by atoms with E-state index in [0.29, 0.717) is 19.3 Å². The van der Waals surface area contributed by atoms with Crippen molar-refractivity contribution >= 4 is 5.96 Å². The van der Waals surface area contributed by atoms with Gasteiger partial charge >= 0.3 is 0 Å². The van der Waals surface area contributed by atoms with Crippen LogP contribution in [0.4, 0.5) is 0 Å². The molecule has 3 N–H and O–H groups in total. The van der Waals surface area contributed by atoms with Crippen LogP contribution in [0.3, 0.4) is 0 Å². The van der Waals surface area contributed by atoms with Gasteiger partial charge in [0.25, 0.3) is 0 Å². The van der Waals surface area contributed by atoms with Crippen molar-refractivity contribution in [3.63, 3.8) is 0 Å². The Kier molecular flexibility index (Phi) is 6.61. The number of unbranched alkanes of at least 4 members (excludes halogenated alkanes) is 3. The Hall–Kier alpha value is -1.95. The summed E-state index contributed by atoms with van der Waals surface area (Å²) in [4.78, 5) is 4.66. The fraction of sp³-hybridized carbons (Fsp3) is 0.650. The van der Waals surface area contributed by atoms with E-state index in [4.69, 9.17) is 19.9 Å². The average Bonchev–Trinajstić information content (AvgIpc) is 3.15. The quantitative estimate of drug-likeness (QED) is 0.423. The van der Waals surface area contributed by atoms with Gasteiger partial charge in [-0.25, -0.2) is 0 Å². The first kappa shape index (κ1) is 18.8. The Morgan fingerprint density at radius 3 is 2.77 bits per heavy atom. The van der Waals surface area contributed by atoms with Crippen LogP contribution in [0.15, 0.2) is 23.2 Å². The molecule has 0 atom stereocenters. The van der Waals surface area contributed by atoms with Crippen LogP contribution in [0, 0.1) is 0 Å². The molecule has 0 radical (unpaired) electrons. The van der Waals surface area contributed by atoms with Gasteiger partial charge in [0.2, 0.25) is 6.79 Å². The minimum absolute atomic E-state index is 0.0618. The summed E-state index contributed by atoms with van der Waals surface area (Å²) in [6.07, 6.45) is 6.73. The highest BCUT2D eigenvalue weighted by Gasteiger charge is 2.35. The number of hydrogen-bond acceptors (Lipinski definition) is 4. The lowest BCUT2D eigenvalue weighted by Crippen LogP contribution is -2.39. The summed E-state index contributed by atoms with van der Waals surface area (Å²) in [5.74, 6) is 2.17. The van der Waals surface area contributed by atoms with Crippen LogP contribution >= 0.6 is 0 Å². The largest absolute Gasteiger partial charge is 0.454 e. The van der Waals surface area contributed by atoms with Crippen LogP contribution in [0.25, 0.3) is 0 Å². The Balaban J connectivity index is 1.65. The number of hydrogen-bond donors (Lipinski definition) is 2. The van der Waals surface area contributed by atoms with Crippen LogP contribution in [0.2, 0.25) is 0 Å². The van der Waals surface area contributed by atoms with Crippen LogP contribution in [-0.4, -0.2) is 39.1 Å². The Morgan fingerprint density at radius 1 is 1.15 bits per heavy atom. The van der Waals surface area contributed by atoms with Gasteiger partial charge in [-0.1, -0.05) is 32.3 Å². The van der Waals surface area contributed by atoms with Gasteiger partial charge in [0.05, 0.1) is 6.54 Å². The van der Waals surface area contributed by atoms with E-state index in [1.54, 1.807) is 0 Å². The van der Waals surface area contributed by atoms with E-state index in [0.717, 1.165) is 50.5 Å². The molecule has 144 valence electrons. The molecule has 2 aliphatic heterocycles. The summed E-state index contributed by atoms with van der Waals surface area (Å²) < 4.78 is 16.6. The molecule has 0 saturated carbocycles. The maximum absolute atomic E-state index is 6.10. The molecule has 26 heavy (non-hydrogen) atoms. The Labute approximate surface area is 156 Å². The maximum Gasteiger partial charge on any atom is 0.231 e. The van der Waals surface area contributed by atoms with Crippen molar-refractivity contribution in [1.29, 1.82) is 0 Å². The molecule has 1 fully saturated rings. The molecule has 0 unspecified atom stereocenters. The van der Waals surface area contributed by atoms with Crippen LogP contribution < -0.4 is 20.5 Å². The lowest BCUT2D eigenvalue weighted by atomic mass is 9.74. The second-order valence-electron chi connectivity index (χ2n) is 7.15. The van der Waals surface area contributed by atoms with Crippen molar-refractivity contribution in [3.8, 4) is 11.5 Å². The lowest BCUT2D eigenvalue weighted by Gasteiger charge is -2.36. The average molecular weight is 361 g/mol. The van der Waals surface area contributed by atoms with Crippen molar-refractivity contribution in [1.82, 2.24) is 5.32 Å². The number of guanidine groups is 1. The van der Waals surface area contributed by atoms with Crippen molar-refractivity contribution in [2.24, 2.45) is 10.7 Å². The van der Waals surface area contributed by atoms with Gasteiger partial charge in [-0.3, -0.25) is 4.99 Å². The number of nitrogens with two attached hydrogens (primary N) is 1. The number of ether oxygens (including phenoxy) is 3. The summed E-state index contributed by atoms with van der Waals surface area (Å²) in [5.41, 5.74) is 7.26. The molecular formula is C20H31N3O3. The molecule has 6 heteroatoms. The summed E-state index contributed by atoms with van der Waals surface area (Å²) in [5, 5.41) is 3.24. The molecular weight excluding hydrogens is 330 g/mol. The highest BCUT2D eigenvalue weighted by atomic mass is 16.7. The van der Waals surface area contributed by atoms with Crippen LogP contribution in [0.1, 0.15) is 51.0 Å². The molecule has 0 aliphatic carbocycles. The molecule has 1 aromatic carbocycles. The van der Waals surface area contributed by atoms with Crippen molar-refractivity contribution < 1.29 is 14.2 Å². The molecule has 6 nitrogen and oxygen atoms in total. The maximum atomic E-state index is 6.10. The van der Waals surface area contributed by atoms with E-state index < -0.39 is 0 Å². The summed E-state index contributed by atoms with van der Waals surface area (Å²) in [6, 6.07) is 6.22. The summed E-state index contributed by atoms with van der Waals surface area (Å²) in [6.45, 7) is 5.54. The molecule has 1 aromatic rings. The van der Waals surface area contributed by atoms with E-state index >= 15 is 0 Å². The number of fused-ring (bicyclic) bond motifs is 1. The zero-order valence-corrected chi connectivity index (χ0v) is 15.8. The highest BCUT2D eigenvalue weighted by molar-refractivity contribution is 5.77. The highest BCUT2D eigenvalue weighted by Crippen LogP contribution is 2.41. The second-order valence-corrected chi connectivity index (χ2v) is 7.15. The van der Waals surface area contributed by atoms with Crippen LogP contribution in [-0.2, 0) is 10.2 Å². The molecule has 0 spiro atoms. The molecule has 0 amide bonds. The van der Waals surface area contributed by atoms with Crippen molar-refractivity contribution in [2.75, 3.05) is 33.1 Å². The van der Waals surface area contributed by atoms with Crippen molar-refractivity contribution in [2.45, 2.75) is 50.9 Å². The summed E-state index contributed by atoms with van der Waals surface area (Å²) in [7, 11) is 0. The fourth-order valence-corrected chi connectivity index (χ4v) is 3.59. The number of nitrogens with zero attached hydrogens (tertiary/aromatic N) is 1. The minimum Gasteiger partial charge on any atom is -0.454 e. The third kappa shape index (κ3) is 4.61. The van der Waals surface area contributed by atoms with E-state index in [2.05, 4.69) is 29.4 Å². The molecule has 0 aromatic heterocycles. The standard InChI is InChI=1S/C20H31N3O3/c1-2-3-4-5-10-22-19(21)23-14-20(8-11-24-12-9-20)16-6-7-17-18(13-16)26-15-25-17/h6-7,13H,2-5,8-12,14-15H2,1H3,(H3,21,22,23). The van der Waals surface area contributed by atoms with Gasteiger partial charge in [-0.05, 0) is 37.0 Å². The fourth-order valence-electron chi connectivity index (χ4n) is 3.59. The molecule has 2 aliphatic rings.